The minimum absolute atomic E-state index is 0.142. The van der Waals surface area contributed by atoms with E-state index in [1.165, 1.54) is 6.20 Å². The van der Waals surface area contributed by atoms with E-state index in [0.29, 0.717) is 11.3 Å². The Morgan fingerprint density at radius 2 is 1.94 bits per heavy atom. The predicted octanol–water partition coefficient (Wildman–Crippen LogP) is 1.94. The summed E-state index contributed by atoms with van der Waals surface area (Å²) in [5.74, 6) is -0.142. The first-order valence-corrected chi connectivity index (χ1v) is 5.22. The van der Waals surface area contributed by atoms with Gasteiger partial charge in [0.15, 0.2) is 0 Å². The van der Waals surface area contributed by atoms with E-state index in [9.17, 15) is 4.79 Å². The molecule has 2 rings (SSSR count). The Kier molecular flexibility index (Phi) is 3.05. The molecule has 1 heterocycles. The number of amides is 1. The Hall–Kier alpha value is -2.36. The number of rotatable bonds is 2. The van der Waals surface area contributed by atoms with Gasteiger partial charge < -0.3 is 10.6 Å². The molecule has 17 heavy (non-hydrogen) atoms. The van der Waals surface area contributed by atoms with Gasteiger partial charge in [0, 0.05) is 18.9 Å². The second-order valence-electron chi connectivity index (χ2n) is 3.66. The molecular formula is C13H13N3O. The molecule has 0 aliphatic rings. The molecule has 0 bridgehead atoms. The number of aromatic nitrogens is 1. The summed E-state index contributed by atoms with van der Waals surface area (Å²) in [6, 6.07) is 11.0. The van der Waals surface area contributed by atoms with Crippen molar-refractivity contribution in [2.45, 2.75) is 0 Å². The summed E-state index contributed by atoms with van der Waals surface area (Å²) in [6.07, 6.45) is 3.04. The van der Waals surface area contributed by atoms with Crippen molar-refractivity contribution in [1.29, 1.82) is 0 Å². The molecule has 0 atom stereocenters. The van der Waals surface area contributed by atoms with Crippen molar-refractivity contribution in [2.24, 2.45) is 0 Å². The van der Waals surface area contributed by atoms with Crippen LogP contribution in [-0.2, 0) is 0 Å². The highest BCUT2D eigenvalue weighted by Gasteiger charge is 2.15. The number of para-hydroxylation sites is 1. The number of nitrogens with two attached hydrogens (primary N) is 1. The summed E-state index contributed by atoms with van der Waals surface area (Å²) in [7, 11) is 1.72. The summed E-state index contributed by atoms with van der Waals surface area (Å²) >= 11 is 0. The molecule has 0 aliphatic carbocycles. The SMILES string of the molecule is CN(C(=O)c1ccncc1N)c1ccccc1. The number of hydrogen-bond donors (Lipinski definition) is 1. The van der Waals surface area contributed by atoms with Gasteiger partial charge in [-0.25, -0.2) is 0 Å². The number of carbonyl (C=O) groups is 1. The van der Waals surface area contributed by atoms with Crippen LogP contribution in [0.3, 0.4) is 0 Å². The number of anilines is 2. The summed E-state index contributed by atoms with van der Waals surface area (Å²) in [4.78, 5) is 17.6. The normalized spacial score (nSPS) is 9.94. The van der Waals surface area contributed by atoms with Gasteiger partial charge in [0.2, 0.25) is 0 Å². The van der Waals surface area contributed by atoms with Crippen LogP contribution >= 0.6 is 0 Å². The van der Waals surface area contributed by atoms with Crippen molar-refractivity contribution < 1.29 is 4.79 Å². The average molecular weight is 227 g/mol. The van der Waals surface area contributed by atoms with Crippen molar-refractivity contribution in [2.75, 3.05) is 17.7 Å². The van der Waals surface area contributed by atoms with Gasteiger partial charge in [-0.05, 0) is 18.2 Å². The molecule has 1 aromatic carbocycles. The molecule has 1 aromatic heterocycles. The van der Waals surface area contributed by atoms with Crippen LogP contribution in [-0.4, -0.2) is 17.9 Å². The number of carbonyl (C=O) groups excluding carboxylic acids is 1. The van der Waals surface area contributed by atoms with Crippen LogP contribution in [0, 0.1) is 0 Å². The van der Waals surface area contributed by atoms with Gasteiger partial charge in [-0.2, -0.15) is 0 Å². The second kappa shape index (κ2) is 4.65. The molecule has 2 aromatic rings. The lowest BCUT2D eigenvalue weighted by Crippen LogP contribution is -2.26. The molecule has 0 saturated heterocycles. The zero-order valence-corrected chi connectivity index (χ0v) is 9.50. The monoisotopic (exact) mass is 227 g/mol. The smallest absolute Gasteiger partial charge is 0.260 e. The minimum Gasteiger partial charge on any atom is -0.397 e. The highest BCUT2D eigenvalue weighted by atomic mass is 16.2. The van der Waals surface area contributed by atoms with Gasteiger partial charge in [0.1, 0.15) is 0 Å². The summed E-state index contributed by atoms with van der Waals surface area (Å²) < 4.78 is 0. The van der Waals surface area contributed by atoms with Gasteiger partial charge in [-0.3, -0.25) is 9.78 Å². The summed E-state index contributed by atoms with van der Waals surface area (Å²) in [5, 5.41) is 0. The molecule has 0 fully saturated rings. The summed E-state index contributed by atoms with van der Waals surface area (Å²) in [5.41, 5.74) is 7.41. The largest absolute Gasteiger partial charge is 0.397 e. The predicted molar refractivity (Wildman–Crippen MR) is 67.8 cm³/mol. The van der Waals surface area contributed by atoms with E-state index in [1.54, 1.807) is 24.2 Å². The van der Waals surface area contributed by atoms with Crippen LogP contribution in [0.4, 0.5) is 11.4 Å². The fraction of sp³-hybridized carbons (Fsp3) is 0.0769. The van der Waals surface area contributed by atoms with Crippen LogP contribution in [0.25, 0.3) is 0 Å². The fourth-order valence-electron chi connectivity index (χ4n) is 1.55. The van der Waals surface area contributed by atoms with Crippen LogP contribution < -0.4 is 10.6 Å². The number of benzene rings is 1. The summed E-state index contributed by atoms with van der Waals surface area (Å²) in [6.45, 7) is 0. The van der Waals surface area contributed by atoms with Gasteiger partial charge in [-0.15, -0.1) is 0 Å². The second-order valence-corrected chi connectivity index (χ2v) is 3.66. The molecule has 0 unspecified atom stereocenters. The van der Waals surface area contributed by atoms with Crippen molar-refractivity contribution in [3.8, 4) is 0 Å². The number of pyridine rings is 1. The van der Waals surface area contributed by atoms with E-state index in [-0.39, 0.29) is 5.91 Å². The number of hydrogen-bond acceptors (Lipinski definition) is 3. The Balaban J connectivity index is 2.30. The third-order valence-corrected chi connectivity index (χ3v) is 2.53. The molecule has 0 aliphatic heterocycles. The van der Waals surface area contributed by atoms with Crippen LogP contribution in [0.5, 0.6) is 0 Å². The van der Waals surface area contributed by atoms with E-state index in [4.69, 9.17) is 5.73 Å². The zero-order chi connectivity index (χ0) is 12.3. The molecule has 0 saturated carbocycles. The third kappa shape index (κ3) is 2.25. The maximum atomic E-state index is 12.2. The van der Waals surface area contributed by atoms with Crippen molar-refractivity contribution in [3.63, 3.8) is 0 Å². The number of nitrogens with zero attached hydrogens (tertiary/aromatic N) is 2. The lowest BCUT2D eigenvalue weighted by molar-refractivity contribution is 0.0994. The first kappa shape index (κ1) is 11.1. The van der Waals surface area contributed by atoms with E-state index in [2.05, 4.69) is 4.98 Å². The molecule has 0 spiro atoms. The van der Waals surface area contributed by atoms with Crippen molar-refractivity contribution in [3.05, 3.63) is 54.4 Å². The Morgan fingerprint density at radius 3 is 2.59 bits per heavy atom. The zero-order valence-electron chi connectivity index (χ0n) is 9.50. The molecule has 2 N–H and O–H groups in total. The van der Waals surface area contributed by atoms with Gasteiger partial charge in [0.25, 0.3) is 5.91 Å². The maximum Gasteiger partial charge on any atom is 0.260 e. The molecule has 86 valence electrons. The van der Waals surface area contributed by atoms with Crippen LogP contribution in [0.1, 0.15) is 10.4 Å². The third-order valence-electron chi connectivity index (χ3n) is 2.53. The van der Waals surface area contributed by atoms with Crippen LogP contribution in [0.2, 0.25) is 0 Å². The minimum atomic E-state index is -0.142. The number of nitrogen functional groups attached to an aromatic ring is 1. The Morgan fingerprint density at radius 1 is 1.24 bits per heavy atom. The van der Waals surface area contributed by atoms with Crippen molar-refractivity contribution >= 4 is 17.3 Å². The van der Waals surface area contributed by atoms with E-state index < -0.39 is 0 Å². The molecule has 1 amide bonds. The van der Waals surface area contributed by atoms with E-state index in [0.717, 1.165) is 5.69 Å². The fourth-order valence-corrected chi connectivity index (χ4v) is 1.55. The quantitative estimate of drug-likeness (QED) is 0.852. The highest BCUT2D eigenvalue weighted by Crippen LogP contribution is 2.17. The van der Waals surface area contributed by atoms with Gasteiger partial charge in [-0.1, -0.05) is 18.2 Å². The molecule has 0 radical (unpaired) electrons. The highest BCUT2D eigenvalue weighted by molar-refractivity contribution is 6.08. The maximum absolute atomic E-state index is 12.2. The standard InChI is InChI=1S/C13H13N3O/c1-16(10-5-3-2-4-6-10)13(17)11-7-8-15-9-12(11)14/h2-9H,14H2,1H3. The van der Waals surface area contributed by atoms with E-state index in [1.807, 2.05) is 30.3 Å². The lowest BCUT2D eigenvalue weighted by Gasteiger charge is -2.17. The molecule has 4 nitrogen and oxygen atoms in total. The van der Waals surface area contributed by atoms with Crippen LogP contribution in [0.15, 0.2) is 48.8 Å². The topological polar surface area (TPSA) is 59.2 Å². The average Bonchev–Trinajstić information content (AvgIpc) is 2.39. The molecular weight excluding hydrogens is 214 g/mol. The van der Waals surface area contributed by atoms with Gasteiger partial charge in [0.05, 0.1) is 17.4 Å². The van der Waals surface area contributed by atoms with Gasteiger partial charge >= 0.3 is 0 Å². The Labute approximate surface area is 99.7 Å². The van der Waals surface area contributed by atoms with E-state index >= 15 is 0 Å². The first-order chi connectivity index (χ1) is 8.20. The lowest BCUT2D eigenvalue weighted by atomic mass is 10.2. The first-order valence-electron chi connectivity index (χ1n) is 5.22. The molecule has 4 heteroatoms. The van der Waals surface area contributed by atoms with Crippen molar-refractivity contribution in [1.82, 2.24) is 4.98 Å². The Bertz CT molecular complexity index is 525.